The third-order valence-corrected chi connectivity index (χ3v) is 4.18. The molecule has 0 unspecified atom stereocenters. The standard InChI is InChI=1S/C19H17N5O/c20-22-19(25)18-10-17(15-11-21-16-9-5-4-8-14(15)16)23-24(18)12-13-6-2-1-3-7-13/h1-11,21H,12,20H2,(H,22,25). The number of benzene rings is 2. The Kier molecular flexibility index (Phi) is 3.80. The lowest BCUT2D eigenvalue weighted by molar-refractivity contribution is 0.0943. The number of nitrogen functional groups attached to an aromatic ring is 1. The molecule has 0 fully saturated rings. The molecule has 0 aliphatic rings. The van der Waals surface area contributed by atoms with Gasteiger partial charge in [0.05, 0.1) is 12.2 Å². The number of aromatic amines is 1. The maximum absolute atomic E-state index is 12.2. The number of nitrogens with zero attached hydrogens (tertiary/aromatic N) is 2. The summed E-state index contributed by atoms with van der Waals surface area (Å²) in [6, 6.07) is 19.6. The summed E-state index contributed by atoms with van der Waals surface area (Å²) in [6.07, 6.45) is 1.91. The average Bonchev–Trinajstić information content (AvgIpc) is 3.26. The fraction of sp³-hybridized carbons (Fsp3) is 0.0526. The molecule has 2 aromatic heterocycles. The molecule has 124 valence electrons. The Morgan fingerprint density at radius 2 is 1.88 bits per heavy atom. The van der Waals surface area contributed by atoms with Gasteiger partial charge >= 0.3 is 0 Å². The van der Waals surface area contributed by atoms with Gasteiger partial charge in [0.2, 0.25) is 0 Å². The van der Waals surface area contributed by atoms with Gasteiger partial charge < -0.3 is 4.98 Å². The molecule has 25 heavy (non-hydrogen) atoms. The number of carbonyl (C=O) groups is 1. The van der Waals surface area contributed by atoms with Crippen molar-refractivity contribution < 1.29 is 4.79 Å². The predicted octanol–water partition coefficient (Wildman–Crippen LogP) is 2.68. The van der Waals surface area contributed by atoms with Crippen LogP contribution in [0.25, 0.3) is 22.2 Å². The first kappa shape index (κ1) is 15.2. The van der Waals surface area contributed by atoms with Gasteiger partial charge in [0, 0.05) is 22.7 Å². The lowest BCUT2D eigenvalue weighted by Crippen LogP contribution is -2.32. The molecular formula is C19H17N5O. The second-order valence-corrected chi connectivity index (χ2v) is 5.78. The first-order chi connectivity index (χ1) is 12.3. The predicted molar refractivity (Wildman–Crippen MR) is 96.7 cm³/mol. The topological polar surface area (TPSA) is 88.7 Å². The number of rotatable bonds is 4. The molecule has 2 heterocycles. The fourth-order valence-corrected chi connectivity index (χ4v) is 2.97. The molecule has 6 heteroatoms. The number of hydrogen-bond donors (Lipinski definition) is 3. The van der Waals surface area contributed by atoms with Crippen molar-refractivity contribution in [3.63, 3.8) is 0 Å². The highest BCUT2D eigenvalue weighted by molar-refractivity contribution is 5.97. The van der Waals surface area contributed by atoms with E-state index >= 15 is 0 Å². The summed E-state index contributed by atoms with van der Waals surface area (Å²) in [5, 5.41) is 5.71. The van der Waals surface area contributed by atoms with Crippen molar-refractivity contribution in [2.24, 2.45) is 5.84 Å². The van der Waals surface area contributed by atoms with Crippen LogP contribution in [0.4, 0.5) is 0 Å². The van der Waals surface area contributed by atoms with Gasteiger partial charge in [-0.05, 0) is 17.7 Å². The van der Waals surface area contributed by atoms with Gasteiger partial charge in [-0.25, -0.2) is 5.84 Å². The molecule has 0 aliphatic heterocycles. The Labute approximate surface area is 144 Å². The molecule has 6 nitrogen and oxygen atoms in total. The van der Waals surface area contributed by atoms with Crippen LogP contribution in [0.2, 0.25) is 0 Å². The molecule has 4 rings (SSSR count). The van der Waals surface area contributed by atoms with E-state index in [2.05, 4.69) is 15.5 Å². The first-order valence-electron chi connectivity index (χ1n) is 7.95. The van der Waals surface area contributed by atoms with E-state index in [9.17, 15) is 4.79 Å². The van der Waals surface area contributed by atoms with Crippen LogP contribution >= 0.6 is 0 Å². The van der Waals surface area contributed by atoms with Crippen molar-refractivity contribution >= 4 is 16.8 Å². The zero-order valence-electron chi connectivity index (χ0n) is 13.4. The lowest BCUT2D eigenvalue weighted by Gasteiger charge is -2.06. The van der Waals surface area contributed by atoms with Crippen LogP contribution in [0.5, 0.6) is 0 Å². The molecule has 4 aromatic rings. The lowest BCUT2D eigenvalue weighted by atomic mass is 10.1. The molecule has 2 aromatic carbocycles. The minimum Gasteiger partial charge on any atom is -0.360 e. The van der Waals surface area contributed by atoms with Gasteiger partial charge in [-0.3, -0.25) is 14.9 Å². The summed E-state index contributed by atoms with van der Waals surface area (Å²) in [5.41, 5.74) is 6.38. The van der Waals surface area contributed by atoms with Gasteiger partial charge in [0.1, 0.15) is 5.69 Å². The van der Waals surface area contributed by atoms with Crippen LogP contribution in [0.3, 0.4) is 0 Å². The number of fused-ring (bicyclic) bond motifs is 1. The third kappa shape index (κ3) is 2.79. The highest BCUT2D eigenvalue weighted by Gasteiger charge is 2.17. The number of carbonyl (C=O) groups excluding carboxylic acids is 1. The van der Waals surface area contributed by atoms with E-state index < -0.39 is 0 Å². The fourth-order valence-electron chi connectivity index (χ4n) is 2.97. The van der Waals surface area contributed by atoms with Gasteiger partial charge in [-0.15, -0.1) is 0 Å². The second-order valence-electron chi connectivity index (χ2n) is 5.78. The molecule has 0 spiro atoms. The number of H-pyrrole nitrogens is 1. The highest BCUT2D eigenvalue weighted by atomic mass is 16.2. The number of amides is 1. The van der Waals surface area contributed by atoms with Crippen LogP contribution in [0, 0.1) is 0 Å². The maximum Gasteiger partial charge on any atom is 0.283 e. The second kappa shape index (κ2) is 6.26. The monoisotopic (exact) mass is 331 g/mol. The van der Waals surface area contributed by atoms with Crippen LogP contribution in [0.1, 0.15) is 16.1 Å². The van der Waals surface area contributed by atoms with E-state index in [1.54, 1.807) is 10.7 Å². The Bertz CT molecular complexity index is 1030. The van der Waals surface area contributed by atoms with E-state index in [1.807, 2.05) is 60.8 Å². The summed E-state index contributed by atoms with van der Waals surface area (Å²) in [6.45, 7) is 0.492. The Hall–Kier alpha value is -3.38. The van der Waals surface area contributed by atoms with Gasteiger partial charge in [0.25, 0.3) is 5.91 Å². The molecular weight excluding hydrogens is 314 g/mol. The van der Waals surface area contributed by atoms with Crippen molar-refractivity contribution in [3.8, 4) is 11.3 Å². The summed E-state index contributed by atoms with van der Waals surface area (Å²) >= 11 is 0. The number of para-hydroxylation sites is 1. The van der Waals surface area contributed by atoms with Crippen molar-refractivity contribution in [3.05, 3.63) is 78.1 Å². The molecule has 0 saturated heterocycles. The number of hydrazine groups is 1. The summed E-state index contributed by atoms with van der Waals surface area (Å²) < 4.78 is 1.68. The molecule has 0 saturated carbocycles. The van der Waals surface area contributed by atoms with Gasteiger partial charge in [-0.2, -0.15) is 5.10 Å². The van der Waals surface area contributed by atoms with Crippen LogP contribution < -0.4 is 11.3 Å². The van der Waals surface area contributed by atoms with Crippen molar-refractivity contribution in [2.75, 3.05) is 0 Å². The maximum atomic E-state index is 12.2. The van der Waals surface area contributed by atoms with E-state index in [4.69, 9.17) is 5.84 Å². The summed E-state index contributed by atoms with van der Waals surface area (Å²) in [4.78, 5) is 15.4. The van der Waals surface area contributed by atoms with Crippen molar-refractivity contribution in [1.82, 2.24) is 20.2 Å². The first-order valence-corrected chi connectivity index (χ1v) is 7.95. The molecule has 0 aliphatic carbocycles. The smallest absolute Gasteiger partial charge is 0.283 e. The van der Waals surface area contributed by atoms with E-state index in [-0.39, 0.29) is 5.91 Å². The van der Waals surface area contributed by atoms with Crippen LogP contribution in [-0.4, -0.2) is 20.7 Å². The molecule has 0 radical (unpaired) electrons. The van der Waals surface area contributed by atoms with Crippen LogP contribution in [-0.2, 0) is 6.54 Å². The van der Waals surface area contributed by atoms with Crippen LogP contribution in [0.15, 0.2) is 66.9 Å². The normalized spacial score (nSPS) is 10.9. The number of hydrogen-bond acceptors (Lipinski definition) is 3. The average molecular weight is 331 g/mol. The van der Waals surface area contributed by atoms with E-state index in [1.165, 1.54) is 0 Å². The quantitative estimate of drug-likeness (QED) is 0.305. The minimum atomic E-state index is -0.366. The molecule has 1 amide bonds. The number of nitrogens with two attached hydrogens (primary N) is 1. The summed E-state index contributed by atoms with van der Waals surface area (Å²) in [7, 11) is 0. The minimum absolute atomic E-state index is 0.366. The molecule has 0 bridgehead atoms. The Balaban J connectivity index is 1.80. The highest BCUT2D eigenvalue weighted by Crippen LogP contribution is 2.28. The molecule has 0 atom stereocenters. The zero-order chi connectivity index (χ0) is 17.2. The summed E-state index contributed by atoms with van der Waals surface area (Å²) in [5.74, 6) is 4.97. The largest absolute Gasteiger partial charge is 0.360 e. The van der Waals surface area contributed by atoms with Crippen molar-refractivity contribution in [2.45, 2.75) is 6.54 Å². The SMILES string of the molecule is NNC(=O)c1cc(-c2c[nH]c3ccccc23)nn1Cc1ccccc1. The third-order valence-electron chi connectivity index (χ3n) is 4.18. The number of nitrogens with one attached hydrogen (secondary N) is 2. The zero-order valence-corrected chi connectivity index (χ0v) is 13.4. The Morgan fingerprint density at radius 1 is 1.12 bits per heavy atom. The van der Waals surface area contributed by atoms with E-state index in [0.717, 1.165) is 27.7 Å². The van der Waals surface area contributed by atoms with Gasteiger partial charge in [-0.1, -0.05) is 48.5 Å². The van der Waals surface area contributed by atoms with E-state index in [0.29, 0.717) is 12.2 Å². The molecule has 4 N–H and O–H groups in total. The van der Waals surface area contributed by atoms with Crippen molar-refractivity contribution in [1.29, 1.82) is 0 Å². The number of aromatic nitrogens is 3. The van der Waals surface area contributed by atoms with Gasteiger partial charge in [0.15, 0.2) is 0 Å². The Morgan fingerprint density at radius 3 is 2.68 bits per heavy atom.